The van der Waals surface area contributed by atoms with E-state index in [1.165, 1.54) is 21.8 Å². The zero-order valence-electron chi connectivity index (χ0n) is 11.5. The average molecular weight is 304 g/mol. The molecule has 4 nitrogen and oxygen atoms in total. The summed E-state index contributed by atoms with van der Waals surface area (Å²) in [7, 11) is 1.96. The average Bonchev–Trinajstić information content (AvgIpc) is 2.90. The first-order valence-electron chi connectivity index (χ1n) is 6.64. The van der Waals surface area contributed by atoms with E-state index >= 15 is 0 Å². The summed E-state index contributed by atoms with van der Waals surface area (Å²) >= 11 is 1.43. The second-order valence-electron chi connectivity index (χ2n) is 5.04. The molecule has 1 atom stereocenters. The Morgan fingerprint density at radius 3 is 2.95 bits per heavy atom. The van der Waals surface area contributed by atoms with E-state index in [-0.39, 0.29) is 11.4 Å². The molecule has 3 rings (SSSR count). The molecule has 0 saturated heterocycles. The summed E-state index contributed by atoms with van der Waals surface area (Å²) in [5.74, 6) is -0.196. The van der Waals surface area contributed by atoms with Gasteiger partial charge in [-0.25, -0.2) is 9.37 Å². The topological polar surface area (TPSA) is 38.8 Å². The van der Waals surface area contributed by atoms with Crippen molar-refractivity contribution in [2.75, 3.05) is 7.05 Å². The number of aromatic nitrogens is 2. The van der Waals surface area contributed by atoms with Crippen molar-refractivity contribution in [1.29, 1.82) is 0 Å². The van der Waals surface area contributed by atoms with Crippen LogP contribution in [0.25, 0.3) is 4.96 Å². The molecule has 1 N–H and O–H groups in total. The van der Waals surface area contributed by atoms with Gasteiger partial charge in [-0.2, -0.15) is 0 Å². The Kier molecular flexibility index (Phi) is 3.81. The Bertz CT molecular complexity index is 827. The minimum atomic E-state index is -0.196. The first-order chi connectivity index (χ1) is 10.1. The van der Waals surface area contributed by atoms with E-state index in [2.05, 4.69) is 4.98 Å². The Morgan fingerprint density at radius 1 is 1.33 bits per heavy atom. The Morgan fingerprint density at radius 2 is 2.14 bits per heavy atom. The van der Waals surface area contributed by atoms with Gasteiger partial charge in [0.1, 0.15) is 24.6 Å². The number of thiazole rings is 1. The van der Waals surface area contributed by atoms with Crippen LogP contribution in [0.3, 0.4) is 0 Å². The number of nitrogens with one attached hydrogen (secondary N) is 1. The van der Waals surface area contributed by atoms with Gasteiger partial charge in [-0.1, -0.05) is 18.2 Å². The Balaban J connectivity index is 1.78. The monoisotopic (exact) mass is 304 g/mol. The van der Waals surface area contributed by atoms with Crippen molar-refractivity contribution in [1.82, 2.24) is 9.38 Å². The quantitative estimate of drug-likeness (QED) is 0.784. The van der Waals surface area contributed by atoms with E-state index in [0.29, 0.717) is 23.6 Å². The number of fused-ring (bicyclic) bond motifs is 1. The zero-order chi connectivity index (χ0) is 14.8. The van der Waals surface area contributed by atoms with E-state index in [4.69, 9.17) is 0 Å². The van der Waals surface area contributed by atoms with Crippen LogP contribution in [0.15, 0.2) is 46.7 Å². The van der Waals surface area contributed by atoms with Gasteiger partial charge in [-0.05, 0) is 6.07 Å². The van der Waals surface area contributed by atoms with Gasteiger partial charge >= 0.3 is 0 Å². The van der Waals surface area contributed by atoms with Crippen LogP contribution in [0.1, 0.15) is 11.3 Å². The molecule has 0 aliphatic heterocycles. The molecular weight excluding hydrogens is 289 g/mol. The standard InChI is InChI=1S/C15H14FN3OS/c1-18(9-11-4-2-3-5-13(11)16)10-12-8-14(20)19-6-7-21-15(19)17-12/h2-8H,9-10H2,1H3/p+1. The molecule has 6 heteroatoms. The number of hydrogen-bond acceptors (Lipinski definition) is 3. The lowest BCUT2D eigenvalue weighted by molar-refractivity contribution is -0.908. The molecule has 2 aromatic heterocycles. The maximum absolute atomic E-state index is 13.6. The maximum atomic E-state index is 13.6. The molecule has 0 bridgehead atoms. The third-order valence-electron chi connectivity index (χ3n) is 3.29. The van der Waals surface area contributed by atoms with Crippen LogP contribution in [0.2, 0.25) is 0 Å². The number of hydrogen-bond donors (Lipinski definition) is 1. The first-order valence-corrected chi connectivity index (χ1v) is 7.52. The molecule has 3 aromatic rings. The molecule has 0 spiro atoms. The second-order valence-corrected chi connectivity index (χ2v) is 5.92. The third kappa shape index (κ3) is 3.01. The summed E-state index contributed by atoms with van der Waals surface area (Å²) < 4.78 is 15.2. The van der Waals surface area contributed by atoms with Gasteiger partial charge in [0.2, 0.25) is 0 Å². The molecule has 2 heterocycles. The highest BCUT2D eigenvalue weighted by molar-refractivity contribution is 7.15. The molecule has 1 aromatic carbocycles. The number of rotatable bonds is 4. The minimum Gasteiger partial charge on any atom is -0.329 e. The van der Waals surface area contributed by atoms with E-state index in [9.17, 15) is 9.18 Å². The highest BCUT2D eigenvalue weighted by atomic mass is 32.1. The lowest BCUT2D eigenvalue weighted by Crippen LogP contribution is -3.06. The molecule has 0 fully saturated rings. The second kappa shape index (κ2) is 5.75. The van der Waals surface area contributed by atoms with Crippen molar-refractivity contribution in [2.45, 2.75) is 13.1 Å². The highest BCUT2D eigenvalue weighted by Gasteiger charge is 2.11. The van der Waals surface area contributed by atoms with Gasteiger partial charge in [0, 0.05) is 23.2 Å². The molecule has 0 radical (unpaired) electrons. The van der Waals surface area contributed by atoms with Gasteiger partial charge in [0.15, 0.2) is 4.96 Å². The molecule has 0 saturated carbocycles. The molecular formula is C15H15FN3OS+. The van der Waals surface area contributed by atoms with Crippen LogP contribution < -0.4 is 10.5 Å². The summed E-state index contributed by atoms with van der Waals surface area (Å²) in [6.07, 6.45) is 1.72. The first kappa shape index (κ1) is 13.9. The molecule has 108 valence electrons. The van der Waals surface area contributed by atoms with Crippen LogP contribution in [0.4, 0.5) is 4.39 Å². The van der Waals surface area contributed by atoms with E-state index in [1.807, 2.05) is 18.5 Å². The summed E-state index contributed by atoms with van der Waals surface area (Å²) in [6.45, 7) is 1.14. The zero-order valence-corrected chi connectivity index (χ0v) is 12.4. The smallest absolute Gasteiger partial charge is 0.258 e. The van der Waals surface area contributed by atoms with Crippen molar-refractivity contribution in [3.05, 3.63) is 69.3 Å². The number of halogens is 1. The normalized spacial score (nSPS) is 12.7. The highest BCUT2D eigenvalue weighted by Crippen LogP contribution is 2.06. The van der Waals surface area contributed by atoms with Crippen molar-refractivity contribution in [3.8, 4) is 0 Å². The van der Waals surface area contributed by atoms with E-state index < -0.39 is 0 Å². The van der Waals surface area contributed by atoms with Crippen LogP contribution in [0, 0.1) is 5.82 Å². The van der Waals surface area contributed by atoms with E-state index in [1.54, 1.807) is 24.4 Å². The van der Waals surface area contributed by atoms with Gasteiger partial charge in [-0.3, -0.25) is 9.20 Å². The predicted molar refractivity (Wildman–Crippen MR) is 80.0 cm³/mol. The third-order valence-corrected chi connectivity index (χ3v) is 4.05. The van der Waals surface area contributed by atoms with Crippen molar-refractivity contribution >= 4 is 16.3 Å². The lowest BCUT2D eigenvalue weighted by Gasteiger charge is -2.14. The van der Waals surface area contributed by atoms with Crippen molar-refractivity contribution in [3.63, 3.8) is 0 Å². The van der Waals surface area contributed by atoms with Crippen LogP contribution >= 0.6 is 11.3 Å². The Hall–Kier alpha value is -2.05. The number of benzene rings is 1. The molecule has 0 amide bonds. The van der Waals surface area contributed by atoms with Crippen molar-refractivity contribution in [2.24, 2.45) is 0 Å². The lowest BCUT2D eigenvalue weighted by atomic mass is 10.2. The summed E-state index contributed by atoms with van der Waals surface area (Å²) in [6, 6.07) is 8.30. The Labute approximate surface area is 125 Å². The minimum absolute atomic E-state index is 0.0741. The fraction of sp³-hybridized carbons (Fsp3) is 0.200. The van der Waals surface area contributed by atoms with Gasteiger partial charge in [0.25, 0.3) is 5.56 Å². The van der Waals surface area contributed by atoms with Crippen molar-refractivity contribution < 1.29 is 9.29 Å². The molecule has 21 heavy (non-hydrogen) atoms. The summed E-state index contributed by atoms with van der Waals surface area (Å²) in [5, 5.41) is 1.84. The molecule has 0 aliphatic carbocycles. The van der Waals surface area contributed by atoms with Crippen LogP contribution in [0.5, 0.6) is 0 Å². The number of nitrogens with zero attached hydrogens (tertiary/aromatic N) is 2. The number of quaternary nitrogens is 1. The summed E-state index contributed by atoms with van der Waals surface area (Å²) in [5.41, 5.74) is 1.33. The predicted octanol–water partition coefficient (Wildman–Crippen LogP) is 1.11. The fourth-order valence-electron chi connectivity index (χ4n) is 2.32. The largest absolute Gasteiger partial charge is 0.329 e. The van der Waals surface area contributed by atoms with E-state index in [0.717, 1.165) is 10.6 Å². The van der Waals surface area contributed by atoms with Gasteiger partial charge in [-0.15, -0.1) is 11.3 Å². The summed E-state index contributed by atoms with van der Waals surface area (Å²) in [4.78, 5) is 18.1. The van der Waals surface area contributed by atoms with Gasteiger partial charge < -0.3 is 4.90 Å². The van der Waals surface area contributed by atoms with Crippen LogP contribution in [-0.4, -0.2) is 16.4 Å². The van der Waals surface area contributed by atoms with Gasteiger partial charge in [0.05, 0.1) is 7.05 Å². The molecule has 0 aliphatic rings. The SMILES string of the molecule is C[NH+](Cc1cc(=O)n2ccsc2n1)Cc1ccccc1F. The molecule has 1 unspecified atom stereocenters. The van der Waals surface area contributed by atoms with Crippen LogP contribution in [-0.2, 0) is 13.1 Å². The maximum Gasteiger partial charge on any atom is 0.258 e. The fourth-order valence-corrected chi connectivity index (χ4v) is 3.06.